The fourth-order valence-electron chi connectivity index (χ4n) is 1.38. The lowest BCUT2D eigenvalue weighted by Gasteiger charge is -2.06. The molecule has 13 heavy (non-hydrogen) atoms. The first-order chi connectivity index (χ1) is 6.38. The summed E-state index contributed by atoms with van der Waals surface area (Å²) in [6.07, 6.45) is 3.44. The summed E-state index contributed by atoms with van der Waals surface area (Å²) in [6, 6.07) is 8.06. The minimum atomic E-state index is 0.292. The molecule has 1 N–H and O–H groups in total. The van der Waals surface area contributed by atoms with Crippen molar-refractivity contribution >= 4 is 0 Å². The molecule has 0 heterocycles. The highest BCUT2D eigenvalue weighted by Crippen LogP contribution is 2.12. The second kappa shape index (κ2) is 5.73. The van der Waals surface area contributed by atoms with Crippen molar-refractivity contribution in [3.63, 3.8) is 0 Å². The highest BCUT2D eigenvalue weighted by atomic mass is 17.1. The minimum absolute atomic E-state index is 0.292. The van der Waals surface area contributed by atoms with Gasteiger partial charge in [-0.15, -0.1) is 0 Å². The fraction of sp³-hybridized carbons (Fsp3) is 0.455. The van der Waals surface area contributed by atoms with Crippen molar-refractivity contribution in [1.82, 2.24) is 0 Å². The van der Waals surface area contributed by atoms with Crippen LogP contribution in [0.25, 0.3) is 0 Å². The Bertz CT molecular complexity index is 246. The van der Waals surface area contributed by atoms with E-state index in [0.29, 0.717) is 6.61 Å². The lowest BCUT2D eigenvalue weighted by molar-refractivity contribution is -0.253. The first-order valence-electron chi connectivity index (χ1n) is 4.71. The predicted molar refractivity (Wildman–Crippen MR) is 52.5 cm³/mol. The SMILES string of the molecule is CCCCc1ccccc1COO. The van der Waals surface area contributed by atoms with E-state index in [1.54, 1.807) is 0 Å². The summed E-state index contributed by atoms with van der Waals surface area (Å²) in [5.74, 6) is 0. The van der Waals surface area contributed by atoms with Crippen molar-refractivity contribution in [2.75, 3.05) is 0 Å². The quantitative estimate of drug-likeness (QED) is 0.557. The van der Waals surface area contributed by atoms with Crippen molar-refractivity contribution in [2.24, 2.45) is 0 Å². The molecule has 0 aliphatic carbocycles. The molecule has 72 valence electrons. The fourth-order valence-corrected chi connectivity index (χ4v) is 1.38. The van der Waals surface area contributed by atoms with Gasteiger partial charge in [0.05, 0.1) is 0 Å². The highest BCUT2D eigenvalue weighted by molar-refractivity contribution is 5.26. The molecule has 0 saturated carbocycles. The molecule has 1 aromatic rings. The van der Waals surface area contributed by atoms with E-state index in [-0.39, 0.29) is 0 Å². The molecular formula is C11H16O2. The standard InChI is InChI=1S/C11H16O2/c1-2-3-6-10-7-4-5-8-11(10)9-13-12/h4-5,7-8,12H,2-3,6,9H2,1H3. The van der Waals surface area contributed by atoms with Gasteiger partial charge in [-0.3, -0.25) is 5.26 Å². The second-order valence-corrected chi connectivity index (χ2v) is 3.15. The van der Waals surface area contributed by atoms with Crippen LogP contribution >= 0.6 is 0 Å². The number of benzene rings is 1. The summed E-state index contributed by atoms with van der Waals surface area (Å²) in [6.45, 7) is 2.46. The molecule has 0 saturated heterocycles. The molecule has 0 radical (unpaired) electrons. The van der Waals surface area contributed by atoms with E-state index < -0.39 is 0 Å². The Morgan fingerprint density at radius 3 is 2.54 bits per heavy atom. The largest absolute Gasteiger partial charge is 0.251 e. The maximum absolute atomic E-state index is 8.37. The van der Waals surface area contributed by atoms with Crippen LogP contribution in [0.2, 0.25) is 0 Å². The molecule has 0 fully saturated rings. The van der Waals surface area contributed by atoms with E-state index in [1.807, 2.05) is 18.2 Å². The van der Waals surface area contributed by atoms with Crippen LogP contribution in [0, 0.1) is 0 Å². The van der Waals surface area contributed by atoms with Crippen molar-refractivity contribution < 1.29 is 10.1 Å². The molecular weight excluding hydrogens is 164 g/mol. The monoisotopic (exact) mass is 180 g/mol. The van der Waals surface area contributed by atoms with Crippen molar-refractivity contribution in [3.05, 3.63) is 35.4 Å². The minimum Gasteiger partial charge on any atom is -0.251 e. The molecule has 2 heteroatoms. The van der Waals surface area contributed by atoms with Gasteiger partial charge in [-0.05, 0) is 24.0 Å². The van der Waals surface area contributed by atoms with Gasteiger partial charge in [0, 0.05) is 0 Å². The first-order valence-corrected chi connectivity index (χ1v) is 4.71. The Morgan fingerprint density at radius 1 is 1.23 bits per heavy atom. The van der Waals surface area contributed by atoms with E-state index in [9.17, 15) is 0 Å². The smallest absolute Gasteiger partial charge is 0.107 e. The Balaban J connectivity index is 2.66. The zero-order valence-electron chi connectivity index (χ0n) is 7.99. The van der Waals surface area contributed by atoms with Crippen LogP contribution < -0.4 is 0 Å². The van der Waals surface area contributed by atoms with Gasteiger partial charge >= 0.3 is 0 Å². The average Bonchev–Trinajstić information content (AvgIpc) is 2.17. The topological polar surface area (TPSA) is 29.5 Å². The molecule has 0 amide bonds. The molecule has 1 aromatic carbocycles. The lowest BCUT2D eigenvalue weighted by atomic mass is 10.0. The lowest BCUT2D eigenvalue weighted by Crippen LogP contribution is -1.95. The first kappa shape index (κ1) is 10.2. The van der Waals surface area contributed by atoms with Gasteiger partial charge in [-0.25, -0.2) is 4.89 Å². The molecule has 1 rings (SSSR count). The van der Waals surface area contributed by atoms with Crippen molar-refractivity contribution in [2.45, 2.75) is 32.8 Å². The van der Waals surface area contributed by atoms with Crippen LogP contribution in [-0.4, -0.2) is 5.26 Å². The van der Waals surface area contributed by atoms with Crippen LogP contribution in [0.1, 0.15) is 30.9 Å². The summed E-state index contributed by atoms with van der Waals surface area (Å²) in [5, 5.41) is 8.37. The Hall–Kier alpha value is -0.860. The van der Waals surface area contributed by atoms with Crippen LogP contribution in [-0.2, 0) is 17.9 Å². The van der Waals surface area contributed by atoms with E-state index in [4.69, 9.17) is 5.26 Å². The number of aryl methyl sites for hydroxylation is 1. The van der Waals surface area contributed by atoms with Gasteiger partial charge in [-0.2, -0.15) is 0 Å². The molecule has 0 aromatic heterocycles. The van der Waals surface area contributed by atoms with Gasteiger partial charge in [0.1, 0.15) is 6.61 Å². The Morgan fingerprint density at radius 2 is 1.92 bits per heavy atom. The number of rotatable bonds is 5. The van der Waals surface area contributed by atoms with E-state index in [1.165, 1.54) is 18.4 Å². The van der Waals surface area contributed by atoms with Gasteiger partial charge < -0.3 is 0 Å². The summed E-state index contributed by atoms with van der Waals surface area (Å²) in [5.41, 5.74) is 2.36. The average molecular weight is 180 g/mol. The van der Waals surface area contributed by atoms with E-state index in [2.05, 4.69) is 17.9 Å². The number of hydrogen-bond donors (Lipinski definition) is 1. The summed E-state index contributed by atoms with van der Waals surface area (Å²) in [7, 11) is 0. The predicted octanol–water partition coefficient (Wildman–Crippen LogP) is 3.02. The number of hydrogen-bond acceptors (Lipinski definition) is 2. The maximum Gasteiger partial charge on any atom is 0.107 e. The maximum atomic E-state index is 8.37. The summed E-state index contributed by atoms with van der Waals surface area (Å²) < 4.78 is 0. The Labute approximate surface area is 79.1 Å². The molecule has 0 aliphatic rings. The van der Waals surface area contributed by atoms with E-state index >= 15 is 0 Å². The van der Waals surface area contributed by atoms with E-state index in [0.717, 1.165) is 12.0 Å². The normalized spacial score (nSPS) is 10.3. The third kappa shape index (κ3) is 3.17. The number of unbranched alkanes of at least 4 members (excludes halogenated alkanes) is 1. The van der Waals surface area contributed by atoms with Gasteiger partial charge in [0.15, 0.2) is 0 Å². The second-order valence-electron chi connectivity index (χ2n) is 3.15. The third-order valence-corrected chi connectivity index (χ3v) is 2.14. The van der Waals surface area contributed by atoms with Gasteiger partial charge in [0.25, 0.3) is 0 Å². The zero-order chi connectivity index (χ0) is 9.52. The molecule has 0 spiro atoms. The van der Waals surface area contributed by atoms with Crippen LogP contribution in [0.4, 0.5) is 0 Å². The Kier molecular flexibility index (Phi) is 4.50. The van der Waals surface area contributed by atoms with Gasteiger partial charge in [-0.1, -0.05) is 37.6 Å². The van der Waals surface area contributed by atoms with Crippen LogP contribution in [0.5, 0.6) is 0 Å². The van der Waals surface area contributed by atoms with Crippen LogP contribution in [0.3, 0.4) is 0 Å². The molecule has 0 atom stereocenters. The zero-order valence-corrected chi connectivity index (χ0v) is 7.99. The molecule has 2 nitrogen and oxygen atoms in total. The summed E-state index contributed by atoms with van der Waals surface area (Å²) in [4.78, 5) is 4.15. The van der Waals surface area contributed by atoms with Gasteiger partial charge in [0.2, 0.25) is 0 Å². The third-order valence-electron chi connectivity index (χ3n) is 2.14. The van der Waals surface area contributed by atoms with Crippen molar-refractivity contribution in [3.8, 4) is 0 Å². The van der Waals surface area contributed by atoms with Crippen LogP contribution in [0.15, 0.2) is 24.3 Å². The molecule has 0 unspecified atom stereocenters. The highest BCUT2D eigenvalue weighted by Gasteiger charge is 2.00. The van der Waals surface area contributed by atoms with Crippen molar-refractivity contribution in [1.29, 1.82) is 0 Å². The molecule has 0 aliphatic heterocycles. The summed E-state index contributed by atoms with van der Waals surface area (Å²) >= 11 is 0. The molecule has 0 bridgehead atoms.